The fourth-order valence-corrected chi connectivity index (χ4v) is 1.52. The second kappa shape index (κ2) is 4.75. The third-order valence-corrected chi connectivity index (χ3v) is 2.24. The molecule has 0 aliphatic carbocycles. The predicted octanol–water partition coefficient (Wildman–Crippen LogP) is 2.57. The van der Waals surface area contributed by atoms with E-state index in [2.05, 4.69) is 4.74 Å². The Kier molecular flexibility index (Phi) is 3.77. The van der Waals surface area contributed by atoms with Gasteiger partial charge in [-0.15, -0.1) is 0 Å². The molecule has 1 N–H and O–H groups in total. The van der Waals surface area contributed by atoms with Gasteiger partial charge in [-0.3, -0.25) is 0 Å². The molecule has 1 aromatic carbocycles. The summed E-state index contributed by atoms with van der Waals surface area (Å²) < 4.78 is 43.5. The van der Waals surface area contributed by atoms with Crippen molar-refractivity contribution in [2.24, 2.45) is 0 Å². The molecule has 3 nitrogen and oxygen atoms in total. The van der Waals surface area contributed by atoms with Crippen molar-refractivity contribution in [2.45, 2.75) is 18.7 Å². The third-order valence-electron chi connectivity index (χ3n) is 2.24. The van der Waals surface area contributed by atoms with Crippen molar-refractivity contribution in [3.8, 4) is 0 Å². The van der Waals surface area contributed by atoms with Gasteiger partial charge in [0.15, 0.2) is 0 Å². The largest absolute Gasteiger partial charge is 0.479 e. The molecule has 0 amide bonds. The summed E-state index contributed by atoms with van der Waals surface area (Å²) in [6.07, 6.45) is -5.03. The van der Waals surface area contributed by atoms with Gasteiger partial charge in [0.25, 0.3) is 5.60 Å². The number of alkyl halides is 3. The van der Waals surface area contributed by atoms with Crippen LogP contribution in [-0.2, 0) is 15.1 Å². The molecule has 0 saturated heterocycles. The van der Waals surface area contributed by atoms with Crippen LogP contribution in [0.4, 0.5) is 13.2 Å². The van der Waals surface area contributed by atoms with Crippen LogP contribution in [0, 0.1) is 0 Å². The number of hydrogen-bond donors (Lipinski definition) is 1. The zero-order valence-corrected chi connectivity index (χ0v) is 8.99. The fourth-order valence-electron chi connectivity index (χ4n) is 1.52. The van der Waals surface area contributed by atoms with E-state index in [0.717, 1.165) is 12.1 Å². The maximum absolute atomic E-state index is 13.0. The number of benzene rings is 1. The number of carbonyl (C=O) groups is 1. The molecule has 0 spiro atoms. The maximum Gasteiger partial charge on any atom is 0.432 e. The summed E-state index contributed by atoms with van der Waals surface area (Å²) in [6, 6.07) is 6.32. The first-order valence-corrected chi connectivity index (χ1v) is 4.86. The summed E-state index contributed by atoms with van der Waals surface area (Å²) in [5.74, 6) is -2.07. The van der Waals surface area contributed by atoms with Gasteiger partial charge >= 0.3 is 12.1 Å². The Morgan fingerprint density at radius 2 is 1.82 bits per heavy atom. The van der Waals surface area contributed by atoms with Crippen molar-refractivity contribution in [3.63, 3.8) is 0 Å². The smallest absolute Gasteiger partial charge is 0.432 e. The molecule has 1 unspecified atom stereocenters. The van der Waals surface area contributed by atoms with Crippen molar-refractivity contribution in [1.29, 1.82) is 0 Å². The molecule has 1 rings (SSSR count). The van der Waals surface area contributed by atoms with Gasteiger partial charge in [-0.1, -0.05) is 30.3 Å². The number of halogens is 3. The van der Waals surface area contributed by atoms with Crippen molar-refractivity contribution >= 4 is 5.97 Å². The normalized spacial score (nSPS) is 15.3. The Labute approximate surface area is 95.8 Å². The number of carboxylic acid groups (broad SMARTS) is 1. The summed E-state index contributed by atoms with van der Waals surface area (Å²) in [4.78, 5) is 11.0. The van der Waals surface area contributed by atoms with Crippen LogP contribution in [0.5, 0.6) is 0 Å². The van der Waals surface area contributed by atoms with E-state index in [-0.39, 0.29) is 6.61 Å². The number of rotatable bonds is 4. The lowest BCUT2D eigenvalue weighted by Gasteiger charge is -2.31. The van der Waals surface area contributed by atoms with Crippen LogP contribution in [0.25, 0.3) is 0 Å². The monoisotopic (exact) mass is 248 g/mol. The average Bonchev–Trinajstić information content (AvgIpc) is 2.24. The van der Waals surface area contributed by atoms with E-state index >= 15 is 0 Å². The summed E-state index contributed by atoms with van der Waals surface area (Å²) in [6.45, 7) is 0.951. The van der Waals surface area contributed by atoms with E-state index in [9.17, 15) is 18.0 Å². The molecule has 1 aromatic rings. The predicted molar refractivity (Wildman–Crippen MR) is 53.4 cm³/mol. The molecule has 0 radical (unpaired) electrons. The molecule has 1 atom stereocenters. The van der Waals surface area contributed by atoms with E-state index in [4.69, 9.17) is 5.11 Å². The quantitative estimate of drug-likeness (QED) is 0.890. The van der Waals surface area contributed by atoms with E-state index in [1.54, 1.807) is 0 Å². The van der Waals surface area contributed by atoms with E-state index in [1.165, 1.54) is 25.1 Å². The zero-order chi connectivity index (χ0) is 13.1. The highest BCUT2D eigenvalue weighted by atomic mass is 19.4. The standard InChI is InChI=1S/C11H11F3O3/c1-2-17-10(9(15)16,11(12,13)14)8-6-4-3-5-7-8/h3-7H,2H2,1H3,(H,15,16). The lowest BCUT2D eigenvalue weighted by Crippen LogP contribution is -2.51. The molecule has 0 fully saturated rings. The average molecular weight is 248 g/mol. The number of ether oxygens (including phenoxy) is 1. The van der Waals surface area contributed by atoms with Crippen LogP contribution in [-0.4, -0.2) is 23.9 Å². The minimum Gasteiger partial charge on any atom is -0.479 e. The zero-order valence-electron chi connectivity index (χ0n) is 8.99. The van der Waals surface area contributed by atoms with Crippen molar-refractivity contribution in [3.05, 3.63) is 35.9 Å². The first-order valence-electron chi connectivity index (χ1n) is 4.86. The lowest BCUT2D eigenvalue weighted by atomic mass is 9.93. The number of aliphatic carboxylic acids is 1. The molecular formula is C11H11F3O3. The fraction of sp³-hybridized carbons (Fsp3) is 0.364. The van der Waals surface area contributed by atoms with Crippen LogP contribution >= 0.6 is 0 Å². The SMILES string of the molecule is CCOC(C(=O)O)(c1ccccc1)C(F)(F)F. The summed E-state index contributed by atoms with van der Waals surface area (Å²) in [5, 5.41) is 8.90. The Morgan fingerprint density at radius 3 is 2.18 bits per heavy atom. The minimum absolute atomic E-state index is 0.360. The highest BCUT2D eigenvalue weighted by Gasteiger charge is 2.63. The van der Waals surface area contributed by atoms with Crippen molar-refractivity contribution in [2.75, 3.05) is 6.61 Å². The van der Waals surface area contributed by atoms with E-state index < -0.39 is 23.3 Å². The molecule has 0 aliphatic rings. The summed E-state index contributed by atoms with van der Waals surface area (Å²) >= 11 is 0. The van der Waals surface area contributed by atoms with Gasteiger partial charge in [-0.25, -0.2) is 4.79 Å². The molecule has 94 valence electrons. The van der Waals surface area contributed by atoms with Crippen LogP contribution < -0.4 is 0 Å². The van der Waals surface area contributed by atoms with Gasteiger partial charge in [0.2, 0.25) is 0 Å². The Morgan fingerprint density at radius 1 is 1.29 bits per heavy atom. The topological polar surface area (TPSA) is 46.5 Å². The van der Waals surface area contributed by atoms with E-state index in [1.807, 2.05) is 0 Å². The van der Waals surface area contributed by atoms with E-state index in [0.29, 0.717) is 0 Å². The minimum atomic E-state index is -5.03. The van der Waals surface area contributed by atoms with Gasteiger partial charge in [-0.05, 0) is 6.92 Å². The van der Waals surface area contributed by atoms with Gasteiger partial charge < -0.3 is 9.84 Å². The molecule has 0 bridgehead atoms. The Bertz CT molecular complexity index is 389. The van der Waals surface area contributed by atoms with Gasteiger partial charge in [0, 0.05) is 12.2 Å². The van der Waals surface area contributed by atoms with Gasteiger partial charge in [0.1, 0.15) is 0 Å². The van der Waals surface area contributed by atoms with Gasteiger partial charge in [0.05, 0.1) is 0 Å². The van der Waals surface area contributed by atoms with Gasteiger partial charge in [-0.2, -0.15) is 13.2 Å². The number of hydrogen-bond acceptors (Lipinski definition) is 2. The van der Waals surface area contributed by atoms with Crippen molar-refractivity contribution < 1.29 is 27.8 Å². The first-order chi connectivity index (χ1) is 7.86. The molecule has 0 saturated carbocycles. The van der Waals surface area contributed by atoms with Crippen LogP contribution in [0.3, 0.4) is 0 Å². The summed E-state index contributed by atoms with van der Waals surface area (Å²) in [7, 11) is 0. The number of carboxylic acids is 1. The highest BCUT2D eigenvalue weighted by Crippen LogP contribution is 2.42. The van der Waals surface area contributed by atoms with Crippen LogP contribution in [0.2, 0.25) is 0 Å². The maximum atomic E-state index is 13.0. The van der Waals surface area contributed by atoms with Crippen LogP contribution in [0.1, 0.15) is 12.5 Å². The molecule has 0 aliphatic heterocycles. The Balaban J connectivity index is 3.41. The second-order valence-electron chi connectivity index (χ2n) is 3.28. The molecule has 0 aromatic heterocycles. The Hall–Kier alpha value is -1.56. The highest BCUT2D eigenvalue weighted by molar-refractivity contribution is 5.80. The van der Waals surface area contributed by atoms with Crippen molar-refractivity contribution in [1.82, 2.24) is 0 Å². The molecule has 0 heterocycles. The lowest BCUT2D eigenvalue weighted by molar-refractivity contribution is -0.280. The first kappa shape index (κ1) is 13.5. The third kappa shape index (κ3) is 2.26. The summed E-state index contributed by atoms with van der Waals surface area (Å²) in [5.41, 5.74) is -3.75. The molecule has 17 heavy (non-hydrogen) atoms. The van der Waals surface area contributed by atoms with Crippen LogP contribution in [0.15, 0.2) is 30.3 Å². The molecule has 6 heteroatoms. The second-order valence-corrected chi connectivity index (χ2v) is 3.28. The molecular weight excluding hydrogens is 237 g/mol.